The Morgan fingerprint density at radius 2 is 1.96 bits per heavy atom. The van der Waals surface area contributed by atoms with E-state index in [0.29, 0.717) is 13.0 Å². The van der Waals surface area contributed by atoms with Gasteiger partial charge in [0.15, 0.2) is 12.1 Å². The number of carbonyl (C=O) groups excluding carboxylic acids is 1. The first-order chi connectivity index (χ1) is 11.4. The minimum atomic E-state index is -0.226. The fourth-order valence-corrected chi connectivity index (χ4v) is 3.28. The molecule has 0 N–H and O–H groups in total. The summed E-state index contributed by atoms with van der Waals surface area (Å²) in [6, 6.07) is 10.4. The zero-order chi connectivity index (χ0) is 17.2. The van der Waals surface area contributed by atoms with E-state index < -0.39 is 0 Å². The molecule has 0 radical (unpaired) electrons. The van der Waals surface area contributed by atoms with Crippen LogP contribution in [0.5, 0.6) is 0 Å². The third-order valence-corrected chi connectivity index (χ3v) is 4.60. The Hall–Kier alpha value is -1.65. The highest BCUT2D eigenvalue weighted by atomic mass is 16.7. The molecule has 1 fully saturated rings. The van der Waals surface area contributed by atoms with Gasteiger partial charge in [0.05, 0.1) is 18.8 Å². The second-order valence-corrected chi connectivity index (χ2v) is 7.74. The Labute approximate surface area is 144 Å². The van der Waals surface area contributed by atoms with Crippen molar-refractivity contribution in [3.05, 3.63) is 48.2 Å². The summed E-state index contributed by atoms with van der Waals surface area (Å²) < 4.78 is 12.1. The van der Waals surface area contributed by atoms with Gasteiger partial charge in [-0.1, -0.05) is 51.1 Å². The van der Waals surface area contributed by atoms with E-state index in [1.807, 2.05) is 24.4 Å². The van der Waals surface area contributed by atoms with Crippen molar-refractivity contribution in [1.82, 2.24) is 4.90 Å². The molecular formula is C20H27NO3. The molecule has 0 unspecified atom stereocenters. The molecule has 4 heteroatoms. The van der Waals surface area contributed by atoms with Gasteiger partial charge in [-0.2, -0.15) is 0 Å². The number of ketones is 1. The molecule has 0 spiro atoms. The Bertz CT molecular complexity index is 591. The zero-order valence-electron chi connectivity index (χ0n) is 14.8. The topological polar surface area (TPSA) is 38.8 Å². The number of nitrogens with zero attached hydrogens (tertiary/aromatic N) is 1. The van der Waals surface area contributed by atoms with E-state index in [-0.39, 0.29) is 29.6 Å². The van der Waals surface area contributed by atoms with E-state index in [0.717, 1.165) is 13.0 Å². The summed E-state index contributed by atoms with van der Waals surface area (Å²) in [5, 5.41) is 0. The number of hydrogen-bond acceptors (Lipinski definition) is 4. The van der Waals surface area contributed by atoms with Crippen molar-refractivity contribution in [3.8, 4) is 0 Å². The van der Waals surface area contributed by atoms with E-state index in [9.17, 15) is 4.79 Å². The molecular weight excluding hydrogens is 302 g/mol. The van der Waals surface area contributed by atoms with Gasteiger partial charge in [0.1, 0.15) is 0 Å². The van der Waals surface area contributed by atoms with Crippen LogP contribution in [0.3, 0.4) is 0 Å². The van der Waals surface area contributed by atoms with Crippen molar-refractivity contribution in [2.75, 3.05) is 6.61 Å². The van der Waals surface area contributed by atoms with Crippen LogP contribution in [-0.4, -0.2) is 35.7 Å². The number of benzene rings is 1. The Balaban J connectivity index is 1.75. The Morgan fingerprint density at radius 1 is 1.21 bits per heavy atom. The van der Waals surface area contributed by atoms with Crippen LogP contribution in [0.2, 0.25) is 0 Å². The SMILES string of the molecule is CC(C)(C)[C@@H]1OCC[C@H]([C@@H]2CC(=O)C=CN2Cc2ccccc2)O1. The normalized spacial score (nSPS) is 28.2. The van der Waals surface area contributed by atoms with Crippen molar-refractivity contribution >= 4 is 5.78 Å². The summed E-state index contributed by atoms with van der Waals surface area (Å²) in [7, 11) is 0. The fraction of sp³-hybridized carbons (Fsp3) is 0.550. The maximum atomic E-state index is 12.0. The van der Waals surface area contributed by atoms with Gasteiger partial charge in [0, 0.05) is 24.6 Å². The van der Waals surface area contributed by atoms with Crippen LogP contribution in [0.1, 0.15) is 39.2 Å². The lowest BCUT2D eigenvalue weighted by molar-refractivity contribution is -0.262. The largest absolute Gasteiger partial charge is 0.367 e. The van der Waals surface area contributed by atoms with Gasteiger partial charge in [-0.15, -0.1) is 0 Å². The van der Waals surface area contributed by atoms with Crippen LogP contribution in [0.15, 0.2) is 42.6 Å². The van der Waals surface area contributed by atoms with Crippen LogP contribution in [0.4, 0.5) is 0 Å². The Kier molecular flexibility index (Phi) is 5.07. The summed E-state index contributed by atoms with van der Waals surface area (Å²) in [6.45, 7) is 7.82. The summed E-state index contributed by atoms with van der Waals surface area (Å²) >= 11 is 0. The lowest BCUT2D eigenvalue weighted by Crippen LogP contribution is -2.51. The molecule has 0 amide bonds. The highest BCUT2D eigenvalue weighted by Crippen LogP contribution is 2.32. The first-order valence-corrected chi connectivity index (χ1v) is 8.71. The molecule has 2 aliphatic rings. The lowest BCUT2D eigenvalue weighted by Gasteiger charge is -2.44. The minimum absolute atomic E-state index is 0.0144. The smallest absolute Gasteiger partial charge is 0.162 e. The van der Waals surface area contributed by atoms with E-state index in [1.54, 1.807) is 6.08 Å². The lowest BCUT2D eigenvalue weighted by atomic mass is 9.92. The summed E-state index contributed by atoms with van der Waals surface area (Å²) in [5.41, 5.74) is 1.16. The number of allylic oxidation sites excluding steroid dienone is 1. The predicted octanol–water partition coefficient (Wildman–Crippen LogP) is 3.52. The van der Waals surface area contributed by atoms with Crippen LogP contribution in [0, 0.1) is 5.41 Å². The van der Waals surface area contributed by atoms with Crippen molar-refractivity contribution in [2.24, 2.45) is 5.41 Å². The summed E-state index contributed by atoms with van der Waals surface area (Å²) in [4.78, 5) is 14.2. The number of hydrogen-bond donors (Lipinski definition) is 0. The minimum Gasteiger partial charge on any atom is -0.367 e. The highest BCUT2D eigenvalue weighted by Gasteiger charge is 2.38. The standard InChI is InChI=1S/C20H27NO3/c1-20(2,3)19-23-12-10-18(24-19)17-13-16(22)9-11-21(17)14-15-7-5-4-6-8-15/h4-9,11,17-19H,10,12-14H2,1-3H3/t17-,18+,19+/m0/s1. The third-order valence-electron chi connectivity index (χ3n) is 4.60. The molecule has 3 rings (SSSR count). The van der Waals surface area contributed by atoms with Gasteiger partial charge in [-0.05, 0) is 18.1 Å². The molecule has 4 nitrogen and oxygen atoms in total. The van der Waals surface area contributed by atoms with Crippen LogP contribution in [-0.2, 0) is 20.8 Å². The number of rotatable bonds is 3. The van der Waals surface area contributed by atoms with Crippen molar-refractivity contribution in [1.29, 1.82) is 0 Å². The van der Waals surface area contributed by atoms with E-state index in [4.69, 9.17) is 9.47 Å². The molecule has 130 valence electrons. The second-order valence-electron chi connectivity index (χ2n) is 7.74. The molecule has 3 atom stereocenters. The molecule has 1 aromatic carbocycles. The monoisotopic (exact) mass is 329 g/mol. The molecule has 0 bridgehead atoms. The van der Waals surface area contributed by atoms with Crippen LogP contribution < -0.4 is 0 Å². The number of carbonyl (C=O) groups is 1. The van der Waals surface area contributed by atoms with E-state index in [1.165, 1.54) is 5.56 Å². The molecule has 0 aromatic heterocycles. The molecule has 2 aliphatic heterocycles. The molecule has 1 aromatic rings. The first kappa shape index (κ1) is 17.2. The summed E-state index contributed by atoms with van der Waals surface area (Å²) in [6.07, 6.45) is 4.72. The molecule has 0 aliphatic carbocycles. The quantitative estimate of drug-likeness (QED) is 0.850. The van der Waals surface area contributed by atoms with Crippen molar-refractivity contribution in [2.45, 2.75) is 58.6 Å². The van der Waals surface area contributed by atoms with Crippen molar-refractivity contribution < 1.29 is 14.3 Å². The first-order valence-electron chi connectivity index (χ1n) is 8.71. The highest BCUT2D eigenvalue weighted by molar-refractivity contribution is 5.90. The van der Waals surface area contributed by atoms with Gasteiger partial charge >= 0.3 is 0 Å². The van der Waals surface area contributed by atoms with Gasteiger partial charge < -0.3 is 14.4 Å². The summed E-state index contributed by atoms with van der Waals surface area (Å²) in [5.74, 6) is 0.173. The van der Waals surface area contributed by atoms with Crippen molar-refractivity contribution in [3.63, 3.8) is 0 Å². The average molecular weight is 329 g/mol. The maximum absolute atomic E-state index is 12.0. The van der Waals surface area contributed by atoms with Gasteiger partial charge in [-0.3, -0.25) is 4.79 Å². The zero-order valence-corrected chi connectivity index (χ0v) is 14.8. The van der Waals surface area contributed by atoms with Gasteiger partial charge in [-0.25, -0.2) is 0 Å². The van der Waals surface area contributed by atoms with E-state index in [2.05, 4.69) is 37.8 Å². The molecule has 1 saturated heterocycles. The average Bonchev–Trinajstić information content (AvgIpc) is 2.57. The fourth-order valence-electron chi connectivity index (χ4n) is 3.28. The molecule has 24 heavy (non-hydrogen) atoms. The van der Waals surface area contributed by atoms with Gasteiger partial charge in [0.2, 0.25) is 0 Å². The Morgan fingerprint density at radius 3 is 2.67 bits per heavy atom. The second kappa shape index (κ2) is 7.08. The maximum Gasteiger partial charge on any atom is 0.162 e. The predicted molar refractivity (Wildman–Crippen MR) is 93.2 cm³/mol. The molecule has 0 saturated carbocycles. The number of ether oxygens (including phenoxy) is 2. The van der Waals surface area contributed by atoms with Crippen LogP contribution in [0.25, 0.3) is 0 Å². The molecule has 2 heterocycles. The van der Waals surface area contributed by atoms with Gasteiger partial charge in [0.25, 0.3) is 0 Å². The third kappa shape index (κ3) is 4.05. The van der Waals surface area contributed by atoms with E-state index >= 15 is 0 Å². The van der Waals surface area contributed by atoms with Crippen LogP contribution >= 0.6 is 0 Å².